The van der Waals surface area contributed by atoms with Crippen molar-refractivity contribution in [1.29, 1.82) is 0 Å². The van der Waals surface area contributed by atoms with Crippen molar-refractivity contribution in [3.63, 3.8) is 0 Å². The predicted molar refractivity (Wildman–Crippen MR) is 75.3 cm³/mol. The molecule has 0 unspecified atom stereocenters. The fourth-order valence-corrected chi connectivity index (χ4v) is 2.74. The molecule has 0 spiro atoms. The summed E-state index contributed by atoms with van der Waals surface area (Å²) in [5.74, 6) is 0.661. The molecule has 0 aromatic heterocycles. The molecular weight excluding hydrogens is 294 g/mol. The number of aldehydes is 1. The van der Waals surface area contributed by atoms with Crippen LogP contribution in [-0.4, -0.2) is 37.4 Å². The molecule has 0 atom stereocenters. The quantitative estimate of drug-likeness (QED) is 0.597. The Balaban J connectivity index is 1.80. The fourth-order valence-electron chi connectivity index (χ4n) is 2.24. The van der Waals surface area contributed by atoms with Crippen LogP contribution in [0.1, 0.15) is 29.6 Å². The molecule has 1 saturated heterocycles. The second-order valence-corrected chi connectivity index (χ2v) is 5.38. The predicted octanol–water partition coefficient (Wildman–Crippen LogP) is 3.13. The van der Waals surface area contributed by atoms with Crippen molar-refractivity contribution in [2.75, 3.05) is 26.2 Å². The second-order valence-electron chi connectivity index (χ2n) is 4.53. The topological polar surface area (TPSA) is 29.5 Å². The van der Waals surface area contributed by atoms with E-state index in [0.717, 1.165) is 23.7 Å². The molecule has 0 bridgehead atoms. The summed E-state index contributed by atoms with van der Waals surface area (Å²) >= 11 is 3.41. The Kier molecular flexibility index (Phi) is 5.20. The van der Waals surface area contributed by atoms with Crippen LogP contribution in [0.25, 0.3) is 0 Å². The lowest BCUT2D eigenvalue weighted by atomic mass is 10.2. The smallest absolute Gasteiger partial charge is 0.153 e. The molecule has 1 aromatic rings. The number of benzene rings is 1. The van der Waals surface area contributed by atoms with Gasteiger partial charge < -0.3 is 9.64 Å². The van der Waals surface area contributed by atoms with Crippen molar-refractivity contribution in [2.24, 2.45) is 0 Å². The van der Waals surface area contributed by atoms with Gasteiger partial charge in [0.05, 0.1) is 16.6 Å². The highest BCUT2D eigenvalue weighted by molar-refractivity contribution is 9.10. The standard InChI is InChI=1S/C14H18BrNO2/c15-13-6-3-5-12(11-17)14(13)18-10-4-9-16-7-1-2-8-16/h3,5-6,11H,1-2,4,7-10H2. The minimum atomic E-state index is 0.602. The van der Waals surface area contributed by atoms with Gasteiger partial charge in [0, 0.05) is 6.54 Å². The summed E-state index contributed by atoms with van der Waals surface area (Å²) in [6.45, 7) is 4.17. The normalized spacial score (nSPS) is 15.8. The minimum Gasteiger partial charge on any atom is -0.492 e. The van der Waals surface area contributed by atoms with Crippen molar-refractivity contribution in [2.45, 2.75) is 19.3 Å². The number of halogens is 1. The zero-order valence-electron chi connectivity index (χ0n) is 10.4. The van der Waals surface area contributed by atoms with Crippen molar-refractivity contribution >= 4 is 22.2 Å². The number of carbonyl (C=O) groups excluding carboxylic acids is 1. The average molecular weight is 312 g/mol. The van der Waals surface area contributed by atoms with Crippen LogP contribution in [0.15, 0.2) is 22.7 Å². The highest BCUT2D eigenvalue weighted by Gasteiger charge is 2.11. The molecule has 0 aliphatic carbocycles. The summed E-state index contributed by atoms with van der Waals surface area (Å²) in [6, 6.07) is 5.50. The largest absolute Gasteiger partial charge is 0.492 e. The Morgan fingerprint density at radius 1 is 1.33 bits per heavy atom. The molecular formula is C14H18BrNO2. The number of para-hydroxylation sites is 1. The molecule has 4 heteroatoms. The average Bonchev–Trinajstić information content (AvgIpc) is 2.89. The number of hydrogen-bond donors (Lipinski definition) is 0. The van der Waals surface area contributed by atoms with Crippen LogP contribution in [0.2, 0.25) is 0 Å². The van der Waals surface area contributed by atoms with Crippen LogP contribution in [-0.2, 0) is 0 Å². The number of likely N-dealkylation sites (tertiary alicyclic amines) is 1. The maximum Gasteiger partial charge on any atom is 0.153 e. The summed E-state index contributed by atoms with van der Waals surface area (Å²) in [5.41, 5.74) is 0.602. The minimum absolute atomic E-state index is 0.602. The van der Waals surface area contributed by atoms with Crippen LogP contribution in [0.5, 0.6) is 5.75 Å². The number of nitrogens with zero attached hydrogens (tertiary/aromatic N) is 1. The van der Waals surface area contributed by atoms with Crippen LogP contribution in [0.4, 0.5) is 0 Å². The van der Waals surface area contributed by atoms with E-state index in [1.54, 1.807) is 6.07 Å². The summed E-state index contributed by atoms with van der Waals surface area (Å²) in [5, 5.41) is 0. The van der Waals surface area contributed by atoms with Crippen LogP contribution in [0.3, 0.4) is 0 Å². The lowest BCUT2D eigenvalue weighted by Crippen LogP contribution is -2.22. The summed E-state index contributed by atoms with van der Waals surface area (Å²) in [4.78, 5) is 13.4. The van der Waals surface area contributed by atoms with E-state index in [0.29, 0.717) is 17.9 Å². The monoisotopic (exact) mass is 311 g/mol. The lowest BCUT2D eigenvalue weighted by Gasteiger charge is -2.15. The lowest BCUT2D eigenvalue weighted by molar-refractivity contribution is 0.111. The zero-order valence-corrected chi connectivity index (χ0v) is 12.0. The van der Waals surface area contributed by atoms with Crippen molar-refractivity contribution < 1.29 is 9.53 Å². The van der Waals surface area contributed by atoms with Crippen molar-refractivity contribution in [3.8, 4) is 5.75 Å². The molecule has 1 aliphatic rings. The third-order valence-electron chi connectivity index (χ3n) is 3.19. The van der Waals surface area contributed by atoms with E-state index in [4.69, 9.17) is 4.74 Å². The van der Waals surface area contributed by atoms with E-state index >= 15 is 0 Å². The Bertz CT molecular complexity index is 403. The number of hydrogen-bond acceptors (Lipinski definition) is 3. The van der Waals surface area contributed by atoms with Gasteiger partial charge in [0.2, 0.25) is 0 Å². The highest BCUT2D eigenvalue weighted by atomic mass is 79.9. The molecule has 18 heavy (non-hydrogen) atoms. The SMILES string of the molecule is O=Cc1cccc(Br)c1OCCCN1CCCC1. The fraction of sp³-hybridized carbons (Fsp3) is 0.500. The molecule has 0 amide bonds. The van der Waals surface area contributed by atoms with Crippen molar-refractivity contribution in [3.05, 3.63) is 28.2 Å². The third kappa shape index (κ3) is 3.56. The van der Waals surface area contributed by atoms with Gasteiger partial charge in [-0.05, 0) is 60.4 Å². The van der Waals surface area contributed by atoms with Gasteiger partial charge >= 0.3 is 0 Å². The van der Waals surface area contributed by atoms with E-state index in [1.165, 1.54) is 25.9 Å². The molecule has 98 valence electrons. The molecule has 0 saturated carbocycles. The van der Waals surface area contributed by atoms with E-state index in [-0.39, 0.29) is 0 Å². The first-order chi connectivity index (χ1) is 8.81. The molecule has 0 radical (unpaired) electrons. The van der Waals surface area contributed by atoms with Gasteiger partial charge in [-0.25, -0.2) is 0 Å². The summed E-state index contributed by atoms with van der Waals surface area (Å²) in [6.07, 6.45) is 4.47. The maximum atomic E-state index is 10.9. The number of carbonyl (C=O) groups is 1. The van der Waals surface area contributed by atoms with Gasteiger partial charge in [0.1, 0.15) is 5.75 Å². The summed E-state index contributed by atoms with van der Waals surface area (Å²) in [7, 11) is 0. The van der Waals surface area contributed by atoms with Crippen LogP contribution >= 0.6 is 15.9 Å². The van der Waals surface area contributed by atoms with Gasteiger partial charge in [0.15, 0.2) is 6.29 Å². The molecule has 1 heterocycles. The first kappa shape index (κ1) is 13.6. The zero-order chi connectivity index (χ0) is 12.8. The Morgan fingerprint density at radius 2 is 2.11 bits per heavy atom. The molecule has 2 rings (SSSR count). The molecule has 1 aromatic carbocycles. The van der Waals surface area contributed by atoms with Crippen LogP contribution in [0, 0.1) is 0 Å². The van der Waals surface area contributed by atoms with E-state index < -0.39 is 0 Å². The molecule has 1 aliphatic heterocycles. The second kappa shape index (κ2) is 6.90. The first-order valence-electron chi connectivity index (χ1n) is 6.40. The summed E-state index contributed by atoms with van der Waals surface area (Å²) < 4.78 is 6.55. The molecule has 1 fully saturated rings. The van der Waals surface area contributed by atoms with Gasteiger partial charge in [-0.1, -0.05) is 6.07 Å². The molecule has 0 N–H and O–H groups in total. The molecule has 3 nitrogen and oxygen atoms in total. The Labute approximate surface area is 116 Å². The van der Waals surface area contributed by atoms with Crippen LogP contribution < -0.4 is 4.74 Å². The third-order valence-corrected chi connectivity index (χ3v) is 3.81. The highest BCUT2D eigenvalue weighted by Crippen LogP contribution is 2.28. The van der Waals surface area contributed by atoms with Crippen molar-refractivity contribution in [1.82, 2.24) is 4.90 Å². The maximum absolute atomic E-state index is 10.9. The van der Waals surface area contributed by atoms with Gasteiger partial charge in [-0.2, -0.15) is 0 Å². The number of rotatable bonds is 6. The van der Waals surface area contributed by atoms with Gasteiger partial charge in [-0.3, -0.25) is 4.79 Å². The first-order valence-corrected chi connectivity index (χ1v) is 7.19. The Hall–Kier alpha value is -0.870. The Morgan fingerprint density at radius 3 is 2.83 bits per heavy atom. The van der Waals surface area contributed by atoms with Gasteiger partial charge in [0.25, 0.3) is 0 Å². The van der Waals surface area contributed by atoms with E-state index in [2.05, 4.69) is 20.8 Å². The van der Waals surface area contributed by atoms with E-state index in [9.17, 15) is 4.79 Å². The van der Waals surface area contributed by atoms with E-state index in [1.807, 2.05) is 12.1 Å². The number of ether oxygens (including phenoxy) is 1. The van der Waals surface area contributed by atoms with Gasteiger partial charge in [-0.15, -0.1) is 0 Å².